The Morgan fingerprint density at radius 3 is 2.81 bits per heavy atom. The molecule has 0 bridgehead atoms. The van der Waals surface area contributed by atoms with Crippen molar-refractivity contribution in [1.29, 1.82) is 0 Å². The summed E-state index contributed by atoms with van der Waals surface area (Å²) < 4.78 is 0. The van der Waals surface area contributed by atoms with Crippen LogP contribution in [-0.2, 0) is 0 Å². The third kappa shape index (κ3) is 3.66. The van der Waals surface area contributed by atoms with E-state index in [0.717, 1.165) is 31.1 Å². The first kappa shape index (κ1) is 12.7. The van der Waals surface area contributed by atoms with Crippen LogP contribution in [0.15, 0.2) is 12.4 Å². The molecule has 0 spiro atoms. The molecule has 1 heterocycles. The quantitative estimate of drug-likeness (QED) is 0.726. The van der Waals surface area contributed by atoms with E-state index in [1.165, 1.54) is 0 Å². The van der Waals surface area contributed by atoms with Crippen molar-refractivity contribution in [2.45, 2.75) is 20.3 Å². The van der Waals surface area contributed by atoms with Crippen molar-refractivity contribution >= 4 is 11.6 Å². The van der Waals surface area contributed by atoms with Crippen LogP contribution < -0.4 is 10.2 Å². The fourth-order valence-electron chi connectivity index (χ4n) is 1.40. The number of aliphatic hydroxyl groups is 1. The van der Waals surface area contributed by atoms with Crippen molar-refractivity contribution in [3.8, 4) is 0 Å². The topological polar surface area (TPSA) is 61.3 Å². The second kappa shape index (κ2) is 7.00. The van der Waals surface area contributed by atoms with Crippen LogP contribution in [0.25, 0.3) is 0 Å². The molecule has 90 valence electrons. The van der Waals surface area contributed by atoms with Gasteiger partial charge >= 0.3 is 0 Å². The molecule has 16 heavy (non-hydrogen) atoms. The standard InChI is InChI=1S/C11H20N4O/c1-3-5-13-10-8-12-9-11(14-10)15(4-2)6-7-16/h8-9,16H,3-7H2,1-2H3,(H,13,14). The summed E-state index contributed by atoms with van der Waals surface area (Å²) in [6.07, 6.45) is 4.49. The maximum absolute atomic E-state index is 8.93. The van der Waals surface area contributed by atoms with Crippen molar-refractivity contribution in [3.05, 3.63) is 12.4 Å². The number of rotatable bonds is 7. The Labute approximate surface area is 96.5 Å². The highest BCUT2D eigenvalue weighted by molar-refractivity contribution is 5.43. The molecule has 1 aromatic rings. The fraction of sp³-hybridized carbons (Fsp3) is 0.636. The molecule has 2 N–H and O–H groups in total. The highest BCUT2D eigenvalue weighted by Gasteiger charge is 2.06. The van der Waals surface area contributed by atoms with E-state index in [-0.39, 0.29) is 6.61 Å². The van der Waals surface area contributed by atoms with Crippen LogP contribution >= 0.6 is 0 Å². The summed E-state index contributed by atoms with van der Waals surface area (Å²) >= 11 is 0. The Morgan fingerprint density at radius 1 is 1.38 bits per heavy atom. The number of anilines is 2. The van der Waals surface area contributed by atoms with Gasteiger partial charge in [0.1, 0.15) is 11.6 Å². The van der Waals surface area contributed by atoms with Gasteiger partial charge in [-0.25, -0.2) is 4.98 Å². The molecule has 0 aliphatic heterocycles. The predicted molar refractivity (Wildman–Crippen MR) is 65.8 cm³/mol. The van der Waals surface area contributed by atoms with Gasteiger partial charge in [-0.3, -0.25) is 4.98 Å². The lowest BCUT2D eigenvalue weighted by atomic mass is 10.4. The minimum atomic E-state index is 0.127. The molecule has 0 aliphatic rings. The zero-order valence-electron chi connectivity index (χ0n) is 9.98. The number of nitrogens with one attached hydrogen (secondary N) is 1. The van der Waals surface area contributed by atoms with E-state index < -0.39 is 0 Å². The van der Waals surface area contributed by atoms with Crippen LogP contribution in [-0.4, -0.2) is 41.3 Å². The van der Waals surface area contributed by atoms with Crippen LogP contribution in [0, 0.1) is 0 Å². The number of hydrogen-bond acceptors (Lipinski definition) is 5. The number of hydrogen-bond donors (Lipinski definition) is 2. The van der Waals surface area contributed by atoms with Gasteiger partial charge in [0.2, 0.25) is 0 Å². The zero-order chi connectivity index (χ0) is 11.8. The SMILES string of the molecule is CCCNc1cncc(N(CC)CCO)n1. The van der Waals surface area contributed by atoms with Crippen LogP contribution in [0.4, 0.5) is 11.6 Å². The number of aromatic nitrogens is 2. The molecule has 5 heteroatoms. The molecule has 1 rings (SSSR count). The van der Waals surface area contributed by atoms with E-state index >= 15 is 0 Å². The first-order valence-electron chi connectivity index (χ1n) is 5.73. The Bertz CT molecular complexity index is 306. The lowest BCUT2D eigenvalue weighted by Gasteiger charge is -2.20. The highest BCUT2D eigenvalue weighted by Crippen LogP contribution is 2.11. The van der Waals surface area contributed by atoms with Crippen LogP contribution in [0.2, 0.25) is 0 Å². The van der Waals surface area contributed by atoms with Gasteiger partial charge in [-0.1, -0.05) is 6.92 Å². The van der Waals surface area contributed by atoms with Crippen LogP contribution in [0.5, 0.6) is 0 Å². The normalized spacial score (nSPS) is 10.2. The average Bonchev–Trinajstić information content (AvgIpc) is 2.33. The number of likely N-dealkylation sites (N-methyl/N-ethyl adjacent to an activating group) is 1. The van der Waals surface area contributed by atoms with E-state index in [1.807, 2.05) is 11.8 Å². The van der Waals surface area contributed by atoms with Crippen LogP contribution in [0.1, 0.15) is 20.3 Å². The van der Waals surface area contributed by atoms with Crippen molar-refractivity contribution in [2.75, 3.05) is 36.5 Å². The minimum Gasteiger partial charge on any atom is -0.395 e. The summed E-state index contributed by atoms with van der Waals surface area (Å²) in [4.78, 5) is 10.6. The van der Waals surface area contributed by atoms with Gasteiger partial charge in [0.25, 0.3) is 0 Å². The molecule has 1 aromatic heterocycles. The first-order chi connectivity index (χ1) is 7.81. The molecule has 0 saturated heterocycles. The lowest BCUT2D eigenvalue weighted by Crippen LogP contribution is -2.27. The Morgan fingerprint density at radius 2 is 2.19 bits per heavy atom. The first-order valence-corrected chi connectivity index (χ1v) is 5.73. The summed E-state index contributed by atoms with van der Waals surface area (Å²) in [5.41, 5.74) is 0. The van der Waals surface area contributed by atoms with E-state index in [1.54, 1.807) is 12.4 Å². The highest BCUT2D eigenvalue weighted by atomic mass is 16.3. The Balaban J connectivity index is 2.71. The Hall–Kier alpha value is -1.36. The molecule has 5 nitrogen and oxygen atoms in total. The third-order valence-corrected chi connectivity index (χ3v) is 2.25. The smallest absolute Gasteiger partial charge is 0.149 e. The molecule has 0 saturated carbocycles. The number of aliphatic hydroxyl groups excluding tert-OH is 1. The fourth-order valence-corrected chi connectivity index (χ4v) is 1.40. The van der Waals surface area contributed by atoms with Gasteiger partial charge in [0, 0.05) is 19.6 Å². The molecule has 0 radical (unpaired) electrons. The third-order valence-electron chi connectivity index (χ3n) is 2.25. The van der Waals surface area contributed by atoms with Gasteiger partial charge in [-0.05, 0) is 13.3 Å². The van der Waals surface area contributed by atoms with Crippen LogP contribution in [0.3, 0.4) is 0 Å². The monoisotopic (exact) mass is 224 g/mol. The molecule has 0 unspecified atom stereocenters. The largest absolute Gasteiger partial charge is 0.395 e. The summed E-state index contributed by atoms with van der Waals surface area (Å²) in [5, 5.41) is 12.1. The van der Waals surface area contributed by atoms with Gasteiger partial charge in [-0.15, -0.1) is 0 Å². The molecular formula is C11H20N4O. The lowest BCUT2D eigenvalue weighted by molar-refractivity contribution is 0.302. The minimum absolute atomic E-state index is 0.127. The number of nitrogens with zero attached hydrogens (tertiary/aromatic N) is 3. The van der Waals surface area contributed by atoms with Crippen molar-refractivity contribution in [1.82, 2.24) is 9.97 Å². The van der Waals surface area contributed by atoms with E-state index in [4.69, 9.17) is 5.11 Å². The second-order valence-corrected chi connectivity index (χ2v) is 3.49. The molecule has 0 amide bonds. The summed E-state index contributed by atoms with van der Waals surface area (Å²) in [7, 11) is 0. The van der Waals surface area contributed by atoms with E-state index in [0.29, 0.717) is 6.54 Å². The molecule has 0 aromatic carbocycles. The van der Waals surface area contributed by atoms with Gasteiger partial charge in [0.15, 0.2) is 0 Å². The Kier molecular flexibility index (Phi) is 5.56. The molecular weight excluding hydrogens is 204 g/mol. The van der Waals surface area contributed by atoms with E-state index in [2.05, 4.69) is 22.2 Å². The molecule has 0 fully saturated rings. The zero-order valence-corrected chi connectivity index (χ0v) is 9.98. The van der Waals surface area contributed by atoms with E-state index in [9.17, 15) is 0 Å². The predicted octanol–water partition coefficient (Wildman–Crippen LogP) is 1.12. The maximum Gasteiger partial charge on any atom is 0.149 e. The summed E-state index contributed by atoms with van der Waals surface area (Å²) in [6.45, 7) is 6.55. The van der Waals surface area contributed by atoms with Crippen molar-refractivity contribution in [2.24, 2.45) is 0 Å². The van der Waals surface area contributed by atoms with Gasteiger partial charge in [-0.2, -0.15) is 0 Å². The average molecular weight is 224 g/mol. The van der Waals surface area contributed by atoms with Crippen molar-refractivity contribution in [3.63, 3.8) is 0 Å². The molecule has 0 atom stereocenters. The van der Waals surface area contributed by atoms with Gasteiger partial charge in [0.05, 0.1) is 19.0 Å². The van der Waals surface area contributed by atoms with Gasteiger partial charge < -0.3 is 15.3 Å². The summed E-state index contributed by atoms with van der Waals surface area (Å²) in [5.74, 6) is 1.59. The second-order valence-electron chi connectivity index (χ2n) is 3.49. The maximum atomic E-state index is 8.93. The summed E-state index contributed by atoms with van der Waals surface area (Å²) in [6, 6.07) is 0. The van der Waals surface area contributed by atoms with Crippen molar-refractivity contribution < 1.29 is 5.11 Å². The molecule has 0 aliphatic carbocycles.